The van der Waals surface area contributed by atoms with Gasteiger partial charge in [-0.05, 0) is 47.0 Å². The molecule has 0 unspecified atom stereocenters. The molecule has 1 aromatic rings. The minimum atomic E-state index is -0.355. The molecule has 1 aliphatic heterocycles. The van der Waals surface area contributed by atoms with Crippen molar-refractivity contribution in [2.45, 2.75) is 19.8 Å². The quantitative estimate of drug-likeness (QED) is 0.361. The van der Waals surface area contributed by atoms with Crippen LogP contribution in [-0.4, -0.2) is 34.9 Å². The van der Waals surface area contributed by atoms with Gasteiger partial charge in [0, 0.05) is 28.5 Å². The number of hydrogen-bond donors (Lipinski definition) is 2. The van der Waals surface area contributed by atoms with E-state index in [2.05, 4.69) is 21.1 Å². The first-order valence-corrected chi connectivity index (χ1v) is 7.77. The van der Waals surface area contributed by atoms with Gasteiger partial charge in [-0.1, -0.05) is 23.7 Å². The molecule has 0 aromatic heterocycles. The Hall–Kier alpha value is -1.27. The second-order valence-electron chi connectivity index (χ2n) is 5.47. The summed E-state index contributed by atoms with van der Waals surface area (Å²) in [5, 5.41) is 12.5. The van der Waals surface area contributed by atoms with Gasteiger partial charge in [-0.25, -0.2) is 0 Å². The van der Waals surface area contributed by atoms with E-state index in [1.807, 2.05) is 6.92 Å². The summed E-state index contributed by atoms with van der Waals surface area (Å²) in [7, 11) is 0. The molecule has 21 heavy (non-hydrogen) atoms. The van der Waals surface area contributed by atoms with Crippen LogP contribution in [0.1, 0.15) is 30.1 Å². The monoisotopic (exact) mass is 373 g/mol. The molecule has 5 nitrogen and oxygen atoms in total. The molecule has 7 heteroatoms. The molecule has 0 bridgehead atoms. The molecule has 1 heterocycles. The predicted octanol–water partition coefficient (Wildman–Crippen LogP) is 3.09. The van der Waals surface area contributed by atoms with E-state index in [1.165, 1.54) is 0 Å². The van der Waals surface area contributed by atoms with Crippen LogP contribution in [0.5, 0.6) is 0 Å². The van der Waals surface area contributed by atoms with E-state index >= 15 is 0 Å². The van der Waals surface area contributed by atoms with Crippen molar-refractivity contribution in [3.05, 3.63) is 33.3 Å². The van der Waals surface area contributed by atoms with Gasteiger partial charge in [-0.3, -0.25) is 4.79 Å². The lowest BCUT2D eigenvalue weighted by Gasteiger charge is -2.38. The lowest BCUT2D eigenvalue weighted by atomic mass is 9.79. The summed E-state index contributed by atoms with van der Waals surface area (Å²) < 4.78 is 0.702. The zero-order valence-corrected chi connectivity index (χ0v) is 14.0. The number of oxime groups is 1. The summed E-state index contributed by atoms with van der Waals surface area (Å²) in [4.78, 5) is 14.2. The van der Waals surface area contributed by atoms with Crippen LogP contribution >= 0.6 is 27.5 Å². The smallest absolute Gasteiger partial charge is 0.253 e. The highest BCUT2D eigenvalue weighted by Crippen LogP contribution is 2.32. The van der Waals surface area contributed by atoms with E-state index in [0.717, 1.165) is 0 Å². The Kier molecular flexibility index (Phi) is 4.78. The van der Waals surface area contributed by atoms with Gasteiger partial charge in [-0.15, -0.1) is 0 Å². The lowest BCUT2D eigenvalue weighted by Crippen LogP contribution is -2.47. The van der Waals surface area contributed by atoms with Crippen LogP contribution in [0.15, 0.2) is 27.8 Å². The number of carbonyl (C=O) groups excluding carboxylic acids is 1. The van der Waals surface area contributed by atoms with Gasteiger partial charge in [-0.2, -0.15) is 0 Å². The lowest BCUT2D eigenvalue weighted by molar-refractivity contribution is 0.0666. The van der Waals surface area contributed by atoms with E-state index < -0.39 is 0 Å². The van der Waals surface area contributed by atoms with Gasteiger partial charge in [0.2, 0.25) is 0 Å². The number of amides is 1. The molecule has 1 aliphatic rings. The number of halogens is 2. The molecule has 1 fully saturated rings. The summed E-state index contributed by atoms with van der Waals surface area (Å²) in [6.45, 7) is 3.10. The first-order chi connectivity index (χ1) is 9.87. The topological polar surface area (TPSA) is 78.9 Å². The molecule has 2 rings (SSSR count). The van der Waals surface area contributed by atoms with Gasteiger partial charge in [0.25, 0.3) is 5.91 Å². The fourth-order valence-corrected chi connectivity index (χ4v) is 2.89. The zero-order valence-electron chi connectivity index (χ0n) is 11.6. The maximum Gasteiger partial charge on any atom is 0.253 e. The van der Waals surface area contributed by atoms with Crippen molar-refractivity contribution < 1.29 is 10.0 Å². The highest BCUT2D eigenvalue weighted by molar-refractivity contribution is 9.10. The number of hydrogen-bond acceptors (Lipinski definition) is 3. The van der Waals surface area contributed by atoms with Gasteiger partial charge in [0.1, 0.15) is 5.84 Å². The van der Waals surface area contributed by atoms with E-state index in [9.17, 15) is 4.79 Å². The fraction of sp³-hybridized carbons (Fsp3) is 0.429. The standard InChI is InChI=1S/C14H17BrClN3O2/c1-14(13(17)18-21)4-6-19(7-5-14)12(20)9-2-3-11(16)10(15)8-9/h2-3,8,21H,4-7H2,1H3,(H2,17,18). The van der Waals surface area contributed by atoms with Crippen LogP contribution in [0.2, 0.25) is 5.02 Å². The van der Waals surface area contributed by atoms with Crippen LogP contribution in [-0.2, 0) is 0 Å². The third kappa shape index (κ3) is 3.32. The highest BCUT2D eigenvalue weighted by atomic mass is 79.9. The first-order valence-electron chi connectivity index (χ1n) is 6.60. The Balaban J connectivity index is 2.08. The zero-order chi connectivity index (χ0) is 15.6. The fourth-order valence-electron chi connectivity index (χ4n) is 2.39. The largest absolute Gasteiger partial charge is 0.409 e. The van der Waals surface area contributed by atoms with Crippen molar-refractivity contribution in [1.82, 2.24) is 4.90 Å². The highest BCUT2D eigenvalue weighted by Gasteiger charge is 2.35. The average Bonchev–Trinajstić information content (AvgIpc) is 2.49. The molecule has 114 valence electrons. The van der Waals surface area contributed by atoms with Gasteiger partial charge in [0.05, 0.1) is 5.02 Å². The number of rotatable bonds is 2. The minimum Gasteiger partial charge on any atom is -0.409 e. The Morgan fingerprint density at radius 1 is 1.48 bits per heavy atom. The van der Waals surface area contributed by atoms with E-state index in [-0.39, 0.29) is 17.2 Å². The summed E-state index contributed by atoms with van der Waals surface area (Å²) >= 11 is 9.26. The maximum absolute atomic E-state index is 12.5. The molecule has 0 saturated carbocycles. The van der Waals surface area contributed by atoms with Crippen molar-refractivity contribution in [1.29, 1.82) is 0 Å². The molecule has 1 saturated heterocycles. The number of nitrogens with zero attached hydrogens (tertiary/aromatic N) is 2. The van der Waals surface area contributed by atoms with Crippen LogP contribution in [0.25, 0.3) is 0 Å². The normalized spacial score (nSPS) is 18.6. The van der Waals surface area contributed by atoms with Crippen molar-refractivity contribution in [2.24, 2.45) is 16.3 Å². The Morgan fingerprint density at radius 2 is 2.10 bits per heavy atom. The number of benzene rings is 1. The molecule has 0 aliphatic carbocycles. The number of nitrogens with two attached hydrogens (primary N) is 1. The second kappa shape index (κ2) is 6.23. The van der Waals surface area contributed by atoms with E-state index in [0.29, 0.717) is 41.0 Å². The Labute approximate surface area is 136 Å². The van der Waals surface area contributed by atoms with Crippen molar-refractivity contribution in [3.63, 3.8) is 0 Å². The average molecular weight is 375 g/mol. The summed E-state index contributed by atoms with van der Waals surface area (Å²) in [6.07, 6.45) is 1.34. The molecule has 0 spiro atoms. The molecule has 1 amide bonds. The van der Waals surface area contributed by atoms with E-state index in [4.69, 9.17) is 22.5 Å². The van der Waals surface area contributed by atoms with Crippen LogP contribution in [0, 0.1) is 5.41 Å². The number of piperidine rings is 1. The molecule has 3 N–H and O–H groups in total. The van der Waals surface area contributed by atoms with Crippen molar-refractivity contribution >= 4 is 39.3 Å². The van der Waals surface area contributed by atoms with Gasteiger partial charge in [0.15, 0.2) is 0 Å². The van der Waals surface area contributed by atoms with Crippen molar-refractivity contribution in [2.75, 3.05) is 13.1 Å². The van der Waals surface area contributed by atoms with Gasteiger partial charge >= 0.3 is 0 Å². The third-order valence-electron chi connectivity index (χ3n) is 4.05. The predicted molar refractivity (Wildman–Crippen MR) is 85.8 cm³/mol. The second-order valence-corrected chi connectivity index (χ2v) is 6.73. The molecular weight excluding hydrogens is 358 g/mol. The van der Waals surface area contributed by atoms with Crippen LogP contribution in [0.3, 0.4) is 0 Å². The maximum atomic E-state index is 12.5. The van der Waals surface area contributed by atoms with Gasteiger partial charge < -0.3 is 15.8 Å². The number of likely N-dealkylation sites (tertiary alicyclic amines) is 1. The Bertz CT molecular complexity index is 584. The summed E-state index contributed by atoms with van der Waals surface area (Å²) in [6, 6.07) is 5.14. The van der Waals surface area contributed by atoms with Crippen LogP contribution in [0.4, 0.5) is 0 Å². The Morgan fingerprint density at radius 3 is 2.62 bits per heavy atom. The number of amidine groups is 1. The minimum absolute atomic E-state index is 0.0334. The summed E-state index contributed by atoms with van der Waals surface area (Å²) in [5.41, 5.74) is 5.97. The molecular formula is C14H17BrClN3O2. The molecule has 0 atom stereocenters. The first kappa shape index (κ1) is 16.1. The molecule has 1 aromatic carbocycles. The van der Waals surface area contributed by atoms with Crippen molar-refractivity contribution in [3.8, 4) is 0 Å². The SMILES string of the molecule is CC1(/C(N)=N/O)CCN(C(=O)c2ccc(Cl)c(Br)c2)CC1. The van der Waals surface area contributed by atoms with Crippen LogP contribution < -0.4 is 5.73 Å². The van der Waals surface area contributed by atoms with E-state index in [1.54, 1.807) is 23.1 Å². The molecule has 0 radical (unpaired) electrons. The summed E-state index contributed by atoms with van der Waals surface area (Å²) in [5.74, 6) is 0.192. The third-order valence-corrected chi connectivity index (χ3v) is 5.26. The number of carbonyl (C=O) groups is 1.